The van der Waals surface area contributed by atoms with E-state index in [4.69, 9.17) is 0 Å². The van der Waals surface area contributed by atoms with Gasteiger partial charge in [0.15, 0.2) is 0 Å². The average molecular weight is 248 g/mol. The maximum Gasteiger partial charge on any atom is 0.257 e. The van der Waals surface area contributed by atoms with Crippen LogP contribution in [0, 0.1) is 0 Å². The fraction of sp³-hybridized carbons (Fsp3) is 0.692. The normalized spacial score (nSPS) is 30.4. The molecule has 3 rings (SSSR count). The molecule has 2 atom stereocenters. The third-order valence-corrected chi connectivity index (χ3v) is 4.24. The van der Waals surface area contributed by atoms with Crippen LogP contribution in [-0.2, 0) is 0 Å². The number of piperidine rings is 1. The zero-order valence-electron chi connectivity index (χ0n) is 10.7. The minimum atomic E-state index is 0.109. The van der Waals surface area contributed by atoms with Gasteiger partial charge in [-0.2, -0.15) is 5.10 Å². The number of rotatable bonds is 3. The summed E-state index contributed by atoms with van der Waals surface area (Å²) in [4.78, 5) is 14.4. The molecule has 0 aromatic carbocycles. The zero-order chi connectivity index (χ0) is 12.5. The number of nitrogens with one attached hydrogen (secondary N) is 2. The largest absolute Gasteiger partial charge is 0.336 e. The molecule has 2 N–H and O–H groups in total. The van der Waals surface area contributed by atoms with Crippen molar-refractivity contribution < 1.29 is 4.79 Å². The van der Waals surface area contributed by atoms with Gasteiger partial charge in [-0.3, -0.25) is 9.89 Å². The molecule has 2 aliphatic rings. The fourth-order valence-corrected chi connectivity index (χ4v) is 3.38. The SMILES string of the molecule is CCN(C(=O)c1cn[nH]c1)C1CC2CCC(C1)N2. The van der Waals surface area contributed by atoms with Crippen molar-refractivity contribution in [2.75, 3.05) is 6.54 Å². The van der Waals surface area contributed by atoms with E-state index in [2.05, 4.69) is 22.4 Å². The van der Waals surface area contributed by atoms with E-state index in [0.717, 1.165) is 19.4 Å². The number of hydrogen-bond donors (Lipinski definition) is 2. The van der Waals surface area contributed by atoms with Gasteiger partial charge in [-0.05, 0) is 32.6 Å². The predicted octanol–water partition coefficient (Wildman–Crippen LogP) is 1.15. The number of nitrogens with zero attached hydrogens (tertiary/aromatic N) is 2. The summed E-state index contributed by atoms with van der Waals surface area (Å²) in [6.07, 6.45) is 8.00. The van der Waals surface area contributed by atoms with Gasteiger partial charge < -0.3 is 10.2 Å². The molecule has 5 heteroatoms. The van der Waals surface area contributed by atoms with E-state index in [1.165, 1.54) is 12.8 Å². The molecule has 2 aliphatic heterocycles. The lowest BCUT2D eigenvalue weighted by Crippen LogP contribution is -2.50. The van der Waals surface area contributed by atoms with Crippen molar-refractivity contribution in [2.24, 2.45) is 0 Å². The predicted molar refractivity (Wildman–Crippen MR) is 68.3 cm³/mol. The summed E-state index contributed by atoms with van der Waals surface area (Å²) in [5.41, 5.74) is 0.669. The molecule has 2 unspecified atom stereocenters. The summed E-state index contributed by atoms with van der Waals surface area (Å²) >= 11 is 0. The van der Waals surface area contributed by atoms with E-state index in [0.29, 0.717) is 23.7 Å². The molecule has 2 bridgehead atoms. The zero-order valence-corrected chi connectivity index (χ0v) is 10.7. The lowest BCUT2D eigenvalue weighted by molar-refractivity contribution is 0.0631. The fourth-order valence-electron chi connectivity index (χ4n) is 3.38. The van der Waals surface area contributed by atoms with E-state index in [1.54, 1.807) is 12.4 Å². The van der Waals surface area contributed by atoms with Gasteiger partial charge in [0.2, 0.25) is 0 Å². The van der Waals surface area contributed by atoms with E-state index < -0.39 is 0 Å². The van der Waals surface area contributed by atoms with Gasteiger partial charge >= 0.3 is 0 Å². The van der Waals surface area contributed by atoms with E-state index in [-0.39, 0.29) is 5.91 Å². The highest BCUT2D eigenvalue weighted by atomic mass is 16.2. The summed E-state index contributed by atoms with van der Waals surface area (Å²) in [5, 5.41) is 10.2. The topological polar surface area (TPSA) is 61.0 Å². The van der Waals surface area contributed by atoms with Crippen molar-refractivity contribution in [3.63, 3.8) is 0 Å². The molecule has 1 amide bonds. The van der Waals surface area contributed by atoms with Gasteiger partial charge in [-0.15, -0.1) is 0 Å². The molecule has 3 heterocycles. The number of carbonyl (C=O) groups is 1. The maximum absolute atomic E-state index is 12.4. The van der Waals surface area contributed by atoms with Crippen molar-refractivity contribution in [3.8, 4) is 0 Å². The van der Waals surface area contributed by atoms with Gasteiger partial charge in [0.25, 0.3) is 5.91 Å². The van der Waals surface area contributed by atoms with E-state index in [1.807, 2.05) is 4.90 Å². The Bertz CT molecular complexity index is 405. The molecule has 1 aromatic rings. The third kappa shape index (κ3) is 2.03. The highest BCUT2D eigenvalue weighted by molar-refractivity contribution is 5.93. The molecular weight excluding hydrogens is 228 g/mol. The van der Waals surface area contributed by atoms with Crippen LogP contribution >= 0.6 is 0 Å². The van der Waals surface area contributed by atoms with Crippen molar-refractivity contribution in [2.45, 2.75) is 50.7 Å². The molecule has 2 fully saturated rings. The quantitative estimate of drug-likeness (QED) is 0.843. The van der Waals surface area contributed by atoms with Crippen LogP contribution in [0.2, 0.25) is 0 Å². The van der Waals surface area contributed by atoms with Gasteiger partial charge in [-0.1, -0.05) is 0 Å². The number of aromatic amines is 1. The molecule has 0 radical (unpaired) electrons. The Labute approximate surface area is 107 Å². The Balaban J connectivity index is 1.74. The van der Waals surface area contributed by atoms with Crippen LogP contribution in [0.4, 0.5) is 0 Å². The second-order valence-corrected chi connectivity index (χ2v) is 5.34. The first-order valence-electron chi connectivity index (χ1n) is 6.83. The number of fused-ring (bicyclic) bond motifs is 2. The highest BCUT2D eigenvalue weighted by Crippen LogP contribution is 2.30. The van der Waals surface area contributed by atoms with Gasteiger partial charge in [0.05, 0.1) is 11.8 Å². The Morgan fingerprint density at radius 1 is 1.44 bits per heavy atom. The van der Waals surface area contributed by atoms with Gasteiger partial charge in [0, 0.05) is 30.9 Å². The van der Waals surface area contributed by atoms with Gasteiger partial charge in [-0.25, -0.2) is 0 Å². The van der Waals surface area contributed by atoms with E-state index >= 15 is 0 Å². The first-order valence-corrected chi connectivity index (χ1v) is 6.83. The van der Waals surface area contributed by atoms with Crippen molar-refractivity contribution >= 4 is 5.91 Å². The molecule has 5 nitrogen and oxygen atoms in total. The Hall–Kier alpha value is -1.36. The first-order chi connectivity index (χ1) is 8.78. The Morgan fingerprint density at radius 3 is 2.72 bits per heavy atom. The second-order valence-electron chi connectivity index (χ2n) is 5.34. The van der Waals surface area contributed by atoms with Crippen LogP contribution < -0.4 is 5.32 Å². The molecule has 98 valence electrons. The first kappa shape index (κ1) is 11.7. The van der Waals surface area contributed by atoms with Crippen LogP contribution in [0.25, 0.3) is 0 Å². The Morgan fingerprint density at radius 2 is 2.17 bits per heavy atom. The molecule has 0 aliphatic carbocycles. The summed E-state index contributed by atoms with van der Waals surface area (Å²) in [7, 11) is 0. The second kappa shape index (κ2) is 4.72. The van der Waals surface area contributed by atoms with Crippen molar-refractivity contribution in [1.82, 2.24) is 20.4 Å². The number of hydrogen-bond acceptors (Lipinski definition) is 3. The number of amides is 1. The average Bonchev–Trinajstić information content (AvgIpc) is 3.00. The summed E-state index contributed by atoms with van der Waals surface area (Å²) in [5.74, 6) is 0.109. The Kier molecular flexibility index (Phi) is 3.07. The number of H-pyrrole nitrogens is 1. The van der Waals surface area contributed by atoms with Crippen LogP contribution in [-0.4, -0.2) is 45.7 Å². The third-order valence-electron chi connectivity index (χ3n) is 4.24. The summed E-state index contributed by atoms with van der Waals surface area (Å²) < 4.78 is 0. The molecule has 0 spiro atoms. The summed E-state index contributed by atoms with van der Waals surface area (Å²) in [6, 6.07) is 1.61. The molecule has 18 heavy (non-hydrogen) atoms. The van der Waals surface area contributed by atoms with Crippen LogP contribution in [0.3, 0.4) is 0 Å². The molecular formula is C13H20N4O. The minimum Gasteiger partial charge on any atom is -0.336 e. The van der Waals surface area contributed by atoms with E-state index in [9.17, 15) is 4.79 Å². The molecule has 0 saturated carbocycles. The number of carbonyl (C=O) groups excluding carboxylic acids is 1. The van der Waals surface area contributed by atoms with Crippen molar-refractivity contribution in [3.05, 3.63) is 18.0 Å². The summed E-state index contributed by atoms with van der Waals surface area (Å²) in [6.45, 7) is 2.83. The lowest BCUT2D eigenvalue weighted by atomic mass is 9.97. The van der Waals surface area contributed by atoms with Crippen LogP contribution in [0.5, 0.6) is 0 Å². The smallest absolute Gasteiger partial charge is 0.257 e. The monoisotopic (exact) mass is 248 g/mol. The lowest BCUT2D eigenvalue weighted by Gasteiger charge is -2.37. The number of aromatic nitrogens is 2. The maximum atomic E-state index is 12.4. The van der Waals surface area contributed by atoms with Gasteiger partial charge in [0.1, 0.15) is 0 Å². The highest BCUT2D eigenvalue weighted by Gasteiger charge is 2.37. The van der Waals surface area contributed by atoms with Crippen molar-refractivity contribution in [1.29, 1.82) is 0 Å². The molecule has 1 aromatic heterocycles. The molecule has 2 saturated heterocycles. The van der Waals surface area contributed by atoms with Crippen LogP contribution in [0.1, 0.15) is 43.0 Å². The van der Waals surface area contributed by atoms with Crippen LogP contribution in [0.15, 0.2) is 12.4 Å². The standard InChI is InChI=1S/C13H20N4O/c1-2-17(13(18)9-7-14-15-8-9)12-5-10-3-4-11(6-12)16-10/h7-8,10-12,16H,2-6H2,1H3,(H,14,15). The minimum absolute atomic E-state index is 0.109.